The van der Waals surface area contributed by atoms with Crippen LogP contribution < -0.4 is 52.5 Å². The third kappa shape index (κ3) is 25.2. The molecule has 24 heteroatoms. The molecule has 0 aromatic heterocycles. The summed E-state index contributed by atoms with van der Waals surface area (Å²) in [5.41, 5.74) is 10.3. The van der Waals surface area contributed by atoms with Crippen molar-refractivity contribution in [3.8, 4) is 11.5 Å². The maximum Gasteiger partial charge on any atom is 0.488 e. The van der Waals surface area contributed by atoms with Gasteiger partial charge in [-0.15, -0.1) is 0 Å². The van der Waals surface area contributed by atoms with Gasteiger partial charge < -0.3 is 54.9 Å². The molecule has 1 saturated heterocycles. The highest BCUT2D eigenvalue weighted by Crippen LogP contribution is 2.27. The topological polar surface area (TPSA) is 192 Å². The van der Waals surface area contributed by atoms with E-state index >= 15 is 0 Å². The Balaban J connectivity index is 0.000000184. The van der Waals surface area contributed by atoms with Crippen LogP contribution in [0.1, 0.15) is 45.5 Å². The van der Waals surface area contributed by atoms with Gasteiger partial charge in [-0.25, -0.2) is 4.39 Å². The van der Waals surface area contributed by atoms with Crippen LogP contribution in [0.15, 0.2) is 221 Å². The van der Waals surface area contributed by atoms with Crippen LogP contribution in [0.25, 0.3) is 10.8 Å². The van der Waals surface area contributed by atoms with E-state index < -0.39 is 33.8 Å². The number of benzene rings is 10. The molecule has 0 spiro atoms. The summed E-state index contributed by atoms with van der Waals surface area (Å²) in [4.78, 5) is 14.5. The quantitative estimate of drug-likeness (QED) is 0.0456. The molecule has 0 aliphatic carbocycles. The molecule has 12 nitrogen and oxygen atoms in total. The van der Waals surface area contributed by atoms with Crippen LogP contribution in [-0.2, 0) is 13.2 Å². The highest BCUT2D eigenvalue weighted by molar-refractivity contribution is 9.10. The Bertz CT molecular complexity index is 4110. The third-order valence-electron chi connectivity index (χ3n) is 15.2. The van der Waals surface area contributed by atoms with Gasteiger partial charge in [0, 0.05) is 33.3 Å². The number of halogens is 6. The van der Waals surface area contributed by atoms with E-state index in [2.05, 4.69) is 66.3 Å². The number of amides is 1. The summed E-state index contributed by atoms with van der Waals surface area (Å²) in [6.45, 7) is 13.5. The molecule has 11 rings (SSSR count). The molecular weight excluding hydrogens is 1400 g/mol. The minimum atomic E-state index is -1.67. The zero-order valence-electron chi connectivity index (χ0n) is 54.5. The average molecular weight is 1480 g/mol. The summed E-state index contributed by atoms with van der Waals surface area (Å²) in [6.07, 6.45) is 2.55. The second-order valence-corrected chi connectivity index (χ2v) is 25.8. The van der Waals surface area contributed by atoms with Crippen molar-refractivity contribution >= 4 is 169 Å². The van der Waals surface area contributed by atoms with Crippen LogP contribution in [-0.4, -0.2) is 95.9 Å². The SMILES string of the molecule is CB(O)c1cc(Br)cc(N2CCCC2)c1.CB(O)c1ccc(C)c(Br)c1.CB(O)c1ccc(C)c(OCc2ccccc2)c1.CB(O)c1ccc(OCc2ccccc2F)c(Cl)c1.CB(O)c1ccc2ccccc2c1.O=C(Nc1ccccc1Cl)c1cc(B(O)O)ccc1Cl. The van der Waals surface area contributed by atoms with Crippen LogP contribution in [0, 0.1) is 19.7 Å². The predicted octanol–water partition coefficient (Wildman–Crippen LogP) is 12.3. The van der Waals surface area contributed by atoms with Gasteiger partial charge in [-0.3, -0.25) is 4.79 Å². The zero-order valence-corrected chi connectivity index (χ0v) is 59.9. The Labute approximate surface area is 597 Å². The number of hydrogen-bond acceptors (Lipinski definition) is 11. The van der Waals surface area contributed by atoms with Crippen LogP contribution in [0.5, 0.6) is 11.5 Å². The number of aryl methyl sites for hydroxylation is 2. The lowest BCUT2D eigenvalue weighted by atomic mass is 9.64. The highest BCUT2D eigenvalue weighted by atomic mass is 79.9. The molecule has 0 saturated carbocycles. The predicted molar refractivity (Wildman–Crippen MR) is 411 cm³/mol. The van der Waals surface area contributed by atoms with Crippen molar-refractivity contribution in [1.82, 2.24) is 0 Å². The van der Waals surface area contributed by atoms with E-state index in [1.165, 1.54) is 59.1 Å². The van der Waals surface area contributed by atoms with Crippen molar-refractivity contribution in [2.75, 3.05) is 23.3 Å². The van der Waals surface area contributed by atoms with Gasteiger partial charge in [0.2, 0.25) is 0 Å². The lowest BCUT2D eigenvalue weighted by Crippen LogP contribution is -2.31. The molecule has 10 aromatic rings. The van der Waals surface area contributed by atoms with Crippen molar-refractivity contribution in [3.63, 3.8) is 0 Å². The van der Waals surface area contributed by atoms with E-state index in [0.29, 0.717) is 39.1 Å². The van der Waals surface area contributed by atoms with Crippen LogP contribution in [0.3, 0.4) is 0 Å². The molecule has 1 fully saturated rings. The van der Waals surface area contributed by atoms with E-state index in [-0.39, 0.29) is 42.3 Å². The van der Waals surface area contributed by atoms with Crippen molar-refractivity contribution < 1.29 is 53.8 Å². The molecule has 1 aliphatic heterocycles. The Morgan fingerprint density at radius 1 is 0.490 bits per heavy atom. The number of nitrogens with zero attached hydrogens (tertiary/aromatic N) is 1. The summed E-state index contributed by atoms with van der Waals surface area (Å²) >= 11 is 24.8. The third-order valence-corrected chi connectivity index (χ3v) is 17.4. The fraction of sp³-hybridized carbons (Fsp3) is 0.181. The summed E-state index contributed by atoms with van der Waals surface area (Å²) < 4.78 is 26.8. The normalized spacial score (nSPS) is 11.1. The lowest BCUT2D eigenvalue weighted by Gasteiger charge is -2.19. The number of fused-ring (bicyclic) bond motifs is 1. The van der Waals surface area contributed by atoms with E-state index in [0.717, 1.165) is 60.8 Å². The zero-order chi connectivity index (χ0) is 70.0. The molecule has 0 atom stereocenters. The second-order valence-electron chi connectivity index (χ2n) is 22.8. The molecule has 0 unspecified atom stereocenters. The maximum absolute atomic E-state index is 13.4. The van der Waals surface area contributed by atoms with Crippen LogP contribution >= 0.6 is 66.7 Å². The Morgan fingerprint density at radius 2 is 1.02 bits per heavy atom. The fourth-order valence-corrected chi connectivity index (χ4v) is 10.9. The summed E-state index contributed by atoms with van der Waals surface area (Å²) in [7, 11) is -1.67. The Kier molecular flexibility index (Phi) is 32.2. The summed E-state index contributed by atoms with van der Waals surface area (Å²) in [5, 5.41) is 71.4. The van der Waals surface area contributed by atoms with Crippen molar-refractivity contribution in [2.45, 2.75) is 74.0 Å². The van der Waals surface area contributed by atoms with E-state index in [1.54, 1.807) is 94.8 Å². The first-order valence-corrected chi connectivity index (χ1v) is 33.8. The Morgan fingerprint density at radius 3 is 1.64 bits per heavy atom. The number of carbonyl (C=O) groups excluding carboxylic acids is 1. The lowest BCUT2D eigenvalue weighted by molar-refractivity contribution is 0.102. The van der Waals surface area contributed by atoms with Crippen LogP contribution in [0.4, 0.5) is 15.8 Å². The Hall–Kier alpha value is -6.80. The molecule has 494 valence electrons. The number of carbonyl (C=O) groups is 1. The number of ether oxygens (including phenoxy) is 2. The molecule has 1 heterocycles. The molecule has 0 radical (unpaired) electrons. The number of rotatable bonds is 15. The fourth-order valence-electron chi connectivity index (χ4n) is 9.39. The first kappa shape index (κ1) is 78.2. The number of para-hydroxylation sites is 1. The average Bonchev–Trinajstić information content (AvgIpc) is 1.43. The largest absolute Gasteiger partial charge is 0.489 e. The van der Waals surface area contributed by atoms with Crippen molar-refractivity contribution in [3.05, 3.63) is 270 Å². The molecule has 10 aromatic carbocycles. The second kappa shape index (κ2) is 39.6. The first-order chi connectivity index (χ1) is 45.8. The molecular formula is C72H76B6Br2Cl3FN2O10. The van der Waals surface area contributed by atoms with E-state index in [9.17, 15) is 34.3 Å². The van der Waals surface area contributed by atoms with E-state index in [4.69, 9.17) is 54.3 Å². The van der Waals surface area contributed by atoms with Crippen molar-refractivity contribution in [1.29, 1.82) is 0 Å². The van der Waals surface area contributed by atoms with Gasteiger partial charge in [-0.05, 0) is 148 Å². The number of hydrogen-bond donors (Lipinski definition) is 8. The van der Waals surface area contributed by atoms with Crippen LogP contribution in [0.2, 0.25) is 49.2 Å². The van der Waals surface area contributed by atoms with Crippen molar-refractivity contribution in [2.24, 2.45) is 0 Å². The number of nitrogens with one attached hydrogen (secondary N) is 1. The minimum Gasteiger partial charge on any atom is -0.489 e. The summed E-state index contributed by atoms with van der Waals surface area (Å²) in [6, 6.07) is 64.5. The van der Waals surface area contributed by atoms with Gasteiger partial charge >= 0.3 is 41.7 Å². The minimum absolute atomic E-state index is 0.112. The van der Waals surface area contributed by atoms with E-state index in [1.807, 2.05) is 117 Å². The van der Waals surface area contributed by atoms with Gasteiger partial charge in [-0.2, -0.15) is 0 Å². The molecule has 0 bridgehead atoms. The monoisotopic (exact) mass is 1480 g/mol. The maximum atomic E-state index is 13.4. The molecule has 96 heavy (non-hydrogen) atoms. The number of anilines is 2. The van der Waals surface area contributed by atoms with Gasteiger partial charge in [0.1, 0.15) is 30.5 Å². The molecule has 1 amide bonds. The van der Waals surface area contributed by atoms with Gasteiger partial charge in [0.05, 0.1) is 26.3 Å². The van der Waals surface area contributed by atoms with Gasteiger partial charge in [-0.1, -0.05) is 252 Å². The highest BCUT2D eigenvalue weighted by Gasteiger charge is 2.20. The summed E-state index contributed by atoms with van der Waals surface area (Å²) in [5.74, 6) is 0.511. The smallest absolute Gasteiger partial charge is 0.488 e. The van der Waals surface area contributed by atoms with Gasteiger partial charge in [0.25, 0.3) is 5.91 Å². The van der Waals surface area contributed by atoms with Gasteiger partial charge in [0.15, 0.2) is 0 Å². The molecule has 8 N–H and O–H groups in total. The standard InChI is InChI=1S/C15H17BO2.C14H13BClFO2.C13H10BCl2NO3.C11H15BBrNO.C11H11BO.C8H10BBrO/c1-12-8-9-14(16(2)17)10-15(12)18-11-13-6-4-3-5-7-13;1-15(18)11-6-7-14(12(16)8-11)19-9-10-4-2-3-5-13(10)17;15-10-6-5-8(14(19)20)7-9(10)13(18)17-12-4-2-1-3-11(12)16;1-12(15)9-6-10(13)8-11(7-9)14-4-2-3-5-14;1-12(13)11-7-6-9-4-2-3-5-10(9)8-11;1-6-3-4-7(9(2)11)5-8(6)10/h3-10,17H,11H2,1-2H3;2-8,18H,9H2,1H3;1-7,19-20H,(H,17,18);6-8,15H,2-5H2,1H3;2-8,13H,1H3;3-5,11H,1-2H3. The first-order valence-electron chi connectivity index (χ1n) is 31.1. The molecule has 1 aliphatic rings.